The molecule has 0 fully saturated rings. The van der Waals surface area contributed by atoms with Gasteiger partial charge in [-0.1, -0.05) is 48.0 Å². The van der Waals surface area contributed by atoms with Gasteiger partial charge in [0.15, 0.2) is 5.17 Å². The number of benzene rings is 1. The van der Waals surface area contributed by atoms with Gasteiger partial charge in [-0.15, -0.1) is 0 Å². The first-order chi connectivity index (χ1) is 7.04. The van der Waals surface area contributed by atoms with Crippen LogP contribution in [-0.2, 0) is 0 Å². The molecular formula is C10H12Cl2N2S. The quantitative estimate of drug-likeness (QED) is 0.638. The predicted octanol–water partition coefficient (Wildman–Crippen LogP) is 4.07. The molecule has 0 bridgehead atoms. The summed E-state index contributed by atoms with van der Waals surface area (Å²) in [6.07, 6.45) is 0.867. The van der Waals surface area contributed by atoms with E-state index in [1.165, 1.54) is 11.8 Å². The van der Waals surface area contributed by atoms with Gasteiger partial charge in [-0.2, -0.15) is 0 Å². The summed E-state index contributed by atoms with van der Waals surface area (Å²) in [6.45, 7) is 2.03. The second kappa shape index (κ2) is 5.64. The van der Waals surface area contributed by atoms with E-state index in [1.807, 2.05) is 13.0 Å². The van der Waals surface area contributed by atoms with Gasteiger partial charge in [0.25, 0.3) is 0 Å². The SMILES string of the molecule is CCC(SC(=N)N)c1ccc(Cl)cc1Cl. The summed E-state index contributed by atoms with van der Waals surface area (Å²) < 4.78 is 0. The molecule has 0 saturated heterocycles. The molecule has 5 heteroatoms. The molecule has 0 amide bonds. The number of hydrogen-bond acceptors (Lipinski definition) is 2. The monoisotopic (exact) mass is 262 g/mol. The fourth-order valence-corrected chi connectivity index (χ4v) is 2.69. The van der Waals surface area contributed by atoms with Crippen molar-refractivity contribution in [2.45, 2.75) is 18.6 Å². The van der Waals surface area contributed by atoms with Crippen LogP contribution >= 0.6 is 35.0 Å². The molecule has 0 aromatic heterocycles. The summed E-state index contributed by atoms with van der Waals surface area (Å²) in [7, 11) is 0. The Morgan fingerprint density at radius 2 is 2.20 bits per heavy atom. The van der Waals surface area contributed by atoms with Gasteiger partial charge in [0, 0.05) is 15.3 Å². The smallest absolute Gasteiger partial charge is 0.151 e. The van der Waals surface area contributed by atoms with E-state index in [-0.39, 0.29) is 10.4 Å². The minimum absolute atomic E-state index is 0.105. The van der Waals surface area contributed by atoms with Crippen molar-refractivity contribution in [1.29, 1.82) is 5.41 Å². The molecule has 0 aliphatic rings. The van der Waals surface area contributed by atoms with Gasteiger partial charge in [0.2, 0.25) is 0 Å². The maximum absolute atomic E-state index is 7.26. The van der Waals surface area contributed by atoms with Crippen LogP contribution in [0.25, 0.3) is 0 Å². The lowest BCUT2D eigenvalue weighted by Gasteiger charge is -2.15. The maximum Gasteiger partial charge on any atom is 0.151 e. The summed E-state index contributed by atoms with van der Waals surface area (Å²) in [5, 5.41) is 8.73. The highest BCUT2D eigenvalue weighted by Gasteiger charge is 2.14. The van der Waals surface area contributed by atoms with E-state index < -0.39 is 0 Å². The molecule has 82 valence electrons. The molecule has 1 unspecified atom stereocenters. The molecule has 0 aliphatic heterocycles. The highest BCUT2D eigenvalue weighted by Crippen LogP contribution is 2.36. The Labute approximate surface area is 104 Å². The van der Waals surface area contributed by atoms with Crippen LogP contribution in [0.2, 0.25) is 10.0 Å². The first kappa shape index (κ1) is 12.7. The van der Waals surface area contributed by atoms with E-state index >= 15 is 0 Å². The van der Waals surface area contributed by atoms with Crippen molar-refractivity contribution in [3.8, 4) is 0 Å². The summed E-state index contributed by atoms with van der Waals surface area (Å²) in [6, 6.07) is 5.39. The standard InChI is InChI=1S/C10H12Cl2N2S/c1-2-9(15-10(13)14)7-4-3-6(11)5-8(7)12/h3-5,9H,2H2,1H3,(H3,13,14). The van der Waals surface area contributed by atoms with Crippen molar-refractivity contribution in [3.63, 3.8) is 0 Å². The van der Waals surface area contributed by atoms with Crippen LogP contribution in [-0.4, -0.2) is 5.17 Å². The topological polar surface area (TPSA) is 49.9 Å². The number of nitrogens with two attached hydrogens (primary N) is 1. The van der Waals surface area contributed by atoms with E-state index in [0.717, 1.165) is 12.0 Å². The van der Waals surface area contributed by atoms with Gasteiger partial charge < -0.3 is 5.73 Å². The number of rotatable bonds is 3. The fourth-order valence-electron chi connectivity index (χ4n) is 1.28. The third kappa shape index (κ3) is 3.59. The average Bonchev–Trinajstić information content (AvgIpc) is 2.14. The minimum atomic E-state index is 0.105. The first-order valence-electron chi connectivity index (χ1n) is 4.50. The van der Waals surface area contributed by atoms with Gasteiger partial charge in [0.1, 0.15) is 0 Å². The van der Waals surface area contributed by atoms with Crippen LogP contribution in [0.4, 0.5) is 0 Å². The first-order valence-corrected chi connectivity index (χ1v) is 6.13. The highest BCUT2D eigenvalue weighted by atomic mass is 35.5. The molecule has 0 aliphatic carbocycles. The number of nitrogens with one attached hydrogen (secondary N) is 1. The third-order valence-corrected chi connectivity index (χ3v) is 3.64. The Hall–Kier alpha value is -0.380. The lowest BCUT2D eigenvalue weighted by Crippen LogP contribution is -2.07. The Bertz CT molecular complexity index is 368. The molecule has 1 aromatic carbocycles. The molecule has 2 nitrogen and oxygen atoms in total. The molecule has 1 atom stereocenters. The van der Waals surface area contributed by atoms with Crippen molar-refractivity contribution in [3.05, 3.63) is 33.8 Å². The summed E-state index contributed by atoms with van der Waals surface area (Å²) in [4.78, 5) is 0. The summed E-state index contributed by atoms with van der Waals surface area (Å²) in [5.74, 6) is 0. The Kier molecular flexibility index (Phi) is 4.77. The van der Waals surface area contributed by atoms with Crippen molar-refractivity contribution < 1.29 is 0 Å². The van der Waals surface area contributed by atoms with Crippen molar-refractivity contribution in [2.24, 2.45) is 5.73 Å². The molecule has 0 radical (unpaired) electrons. The maximum atomic E-state index is 7.26. The number of amidine groups is 1. The van der Waals surface area contributed by atoms with E-state index in [9.17, 15) is 0 Å². The van der Waals surface area contributed by atoms with Gasteiger partial charge in [0.05, 0.1) is 0 Å². The molecule has 15 heavy (non-hydrogen) atoms. The van der Waals surface area contributed by atoms with Gasteiger partial charge in [-0.05, 0) is 24.1 Å². The zero-order chi connectivity index (χ0) is 11.4. The van der Waals surface area contributed by atoms with E-state index in [0.29, 0.717) is 10.0 Å². The van der Waals surface area contributed by atoms with E-state index in [2.05, 4.69) is 0 Å². The molecule has 0 heterocycles. The van der Waals surface area contributed by atoms with Gasteiger partial charge in [-0.3, -0.25) is 5.41 Å². The molecule has 1 aromatic rings. The largest absolute Gasteiger partial charge is 0.379 e. The second-order valence-corrected chi connectivity index (χ2v) is 5.13. The van der Waals surface area contributed by atoms with Crippen molar-refractivity contribution in [2.75, 3.05) is 0 Å². The second-order valence-electron chi connectivity index (χ2n) is 3.04. The minimum Gasteiger partial charge on any atom is -0.379 e. The highest BCUT2D eigenvalue weighted by molar-refractivity contribution is 8.13. The van der Waals surface area contributed by atoms with Gasteiger partial charge in [-0.25, -0.2) is 0 Å². The Morgan fingerprint density at radius 3 is 2.67 bits per heavy atom. The van der Waals surface area contributed by atoms with Crippen molar-refractivity contribution in [1.82, 2.24) is 0 Å². The predicted molar refractivity (Wildman–Crippen MR) is 69.0 cm³/mol. The lowest BCUT2D eigenvalue weighted by atomic mass is 10.1. The summed E-state index contributed by atoms with van der Waals surface area (Å²) in [5.41, 5.74) is 6.34. The Morgan fingerprint density at radius 1 is 1.53 bits per heavy atom. The normalized spacial score (nSPS) is 12.5. The zero-order valence-electron chi connectivity index (χ0n) is 8.26. The zero-order valence-corrected chi connectivity index (χ0v) is 10.6. The van der Waals surface area contributed by atoms with Crippen LogP contribution < -0.4 is 5.73 Å². The van der Waals surface area contributed by atoms with Crippen LogP contribution in [0.1, 0.15) is 24.2 Å². The molecule has 0 spiro atoms. The van der Waals surface area contributed by atoms with Crippen LogP contribution in [0.15, 0.2) is 18.2 Å². The number of halogens is 2. The third-order valence-electron chi connectivity index (χ3n) is 1.95. The van der Waals surface area contributed by atoms with Crippen LogP contribution in [0.3, 0.4) is 0 Å². The van der Waals surface area contributed by atoms with E-state index in [4.69, 9.17) is 34.3 Å². The number of hydrogen-bond donors (Lipinski definition) is 2. The van der Waals surface area contributed by atoms with E-state index in [1.54, 1.807) is 12.1 Å². The summed E-state index contributed by atoms with van der Waals surface area (Å²) >= 11 is 13.2. The molecule has 3 N–H and O–H groups in total. The molecule has 0 saturated carbocycles. The fraction of sp³-hybridized carbons (Fsp3) is 0.300. The van der Waals surface area contributed by atoms with Crippen molar-refractivity contribution >= 4 is 40.1 Å². The lowest BCUT2D eigenvalue weighted by molar-refractivity contribution is 0.900. The number of thioether (sulfide) groups is 1. The van der Waals surface area contributed by atoms with Crippen LogP contribution in [0, 0.1) is 5.41 Å². The Balaban J connectivity index is 2.96. The molecule has 1 rings (SSSR count). The van der Waals surface area contributed by atoms with Gasteiger partial charge >= 0.3 is 0 Å². The molecular weight excluding hydrogens is 251 g/mol. The average molecular weight is 263 g/mol. The van der Waals surface area contributed by atoms with Crippen LogP contribution in [0.5, 0.6) is 0 Å².